The van der Waals surface area contributed by atoms with Gasteiger partial charge in [0.1, 0.15) is 17.7 Å². The average Bonchev–Trinajstić information content (AvgIpc) is 3.01. The summed E-state index contributed by atoms with van der Waals surface area (Å²) in [4.78, 5) is 64.0. The van der Waals surface area contributed by atoms with Crippen molar-refractivity contribution in [2.75, 3.05) is 6.54 Å². The molecule has 3 N–H and O–H groups in total. The maximum atomic E-state index is 13.7. The Morgan fingerprint density at radius 2 is 1.62 bits per heavy atom. The smallest absolute Gasteiger partial charge is 0.408 e. The minimum absolute atomic E-state index is 0.0876. The third-order valence-electron chi connectivity index (χ3n) is 6.79. The van der Waals surface area contributed by atoms with Crippen molar-refractivity contribution in [1.82, 2.24) is 15.5 Å². The highest BCUT2D eigenvalue weighted by Gasteiger charge is 2.69. The summed E-state index contributed by atoms with van der Waals surface area (Å²) in [7, 11) is 0. The maximum absolute atomic E-state index is 13.7. The molecule has 0 radical (unpaired) electrons. The van der Waals surface area contributed by atoms with E-state index in [2.05, 4.69) is 10.6 Å². The Bertz CT molecular complexity index is 869. The Labute approximate surface area is 201 Å². The monoisotopic (exact) mass is 481 g/mol. The number of ketones is 1. The summed E-state index contributed by atoms with van der Waals surface area (Å²) in [5, 5.41) is 14.3. The molecular formula is C24H39N3O7. The molecule has 0 aromatic rings. The molecule has 1 saturated carbocycles. The molecule has 2 fully saturated rings. The van der Waals surface area contributed by atoms with Crippen LogP contribution in [0.5, 0.6) is 0 Å². The number of likely N-dealkylation sites (tertiary alicyclic amines) is 1. The highest BCUT2D eigenvalue weighted by molar-refractivity contribution is 6.35. The second-order valence-electron chi connectivity index (χ2n) is 12.0. The van der Waals surface area contributed by atoms with Gasteiger partial charge in [-0.3, -0.25) is 14.4 Å². The molecule has 1 aliphatic carbocycles. The summed E-state index contributed by atoms with van der Waals surface area (Å²) in [6.07, 6.45) is -0.621. The molecule has 0 aromatic heterocycles. The fourth-order valence-electron chi connectivity index (χ4n) is 4.81. The number of aliphatic carboxylic acids is 1. The highest BCUT2D eigenvalue weighted by Crippen LogP contribution is 2.65. The Morgan fingerprint density at radius 3 is 2.06 bits per heavy atom. The molecule has 0 bridgehead atoms. The topological polar surface area (TPSA) is 142 Å². The van der Waals surface area contributed by atoms with Crippen LogP contribution in [0.3, 0.4) is 0 Å². The van der Waals surface area contributed by atoms with Crippen molar-refractivity contribution in [2.24, 2.45) is 22.7 Å². The predicted octanol–water partition coefficient (Wildman–Crippen LogP) is 1.96. The molecule has 2 unspecified atom stereocenters. The molecule has 2 aliphatic rings. The van der Waals surface area contributed by atoms with Crippen LogP contribution in [0.1, 0.15) is 68.7 Å². The molecule has 2 rings (SSSR count). The summed E-state index contributed by atoms with van der Waals surface area (Å²) in [6.45, 7) is 16.6. The summed E-state index contributed by atoms with van der Waals surface area (Å²) in [5.41, 5.74) is -1.60. The van der Waals surface area contributed by atoms with E-state index in [0.29, 0.717) is 6.54 Å². The van der Waals surface area contributed by atoms with Gasteiger partial charge in [0.15, 0.2) is 0 Å². The lowest BCUT2D eigenvalue weighted by Crippen LogP contribution is -2.60. The zero-order valence-corrected chi connectivity index (χ0v) is 21.6. The number of ether oxygens (including phenoxy) is 1. The van der Waals surface area contributed by atoms with Crippen molar-refractivity contribution in [3.05, 3.63) is 0 Å². The summed E-state index contributed by atoms with van der Waals surface area (Å²) < 4.78 is 5.34. The fourth-order valence-corrected chi connectivity index (χ4v) is 4.81. The number of carboxylic acid groups (broad SMARTS) is 1. The van der Waals surface area contributed by atoms with E-state index in [0.717, 1.165) is 0 Å². The number of hydrogen-bond donors (Lipinski definition) is 3. The van der Waals surface area contributed by atoms with E-state index >= 15 is 0 Å². The predicted molar refractivity (Wildman–Crippen MR) is 124 cm³/mol. The number of fused-ring (bicyclic) bond motifs is 1. The lowest BCUT2D eigenvalue weighted by molar-refractivity contribution is -0.151. The van der Waals surface area contributed by atoms with Crippen molar-refractivity contribution in [3.8, 4) is 0 Å². The van der Waals surface area contributed by atoms with Crippen LogP contribution < -0.4 is 10.6 Å². The number of nitrogens with zero attached hydrogens (tertiary/aromatic N) is 1. The van der Waals surface area contributed by atoms with Crippen molar-refractivity contribution < 1.29 is 33.8 Å². The molecule has 10 heteroatoms. The first-order valence-corrected chi connectivity index (χ1v) is 11.7. The Kier molecular flexibility index (Phi) is 7.45. The Hall–Kier alpha value is -2.65. The highest BCUT2D eigenvalue weighted by atomic mass is 16.6. The number of Topliss-reactive ketones (excluding diaryl/α,β-unsaturated/α-hetero) is 1. The normalized spacial score (nSPS) is 25.0. The number of amides is 3. The molecule has 1 aliphatic heterocycles. The van der Waals surface area contributed by atoms with Crippen LogP contribution in [-0.4, -0.2) is 69.9 Å². The van der Waals surface area contributed by atoms with Gasteiger partial charge in [-0.15, -0.1) is 0 Å². The molecule has 1 heterocycles. The van der Waals surface area contributed by atoms with Gasteiger partial charge in [-0.25, -0.2) is 9.59 Å². The van der Waals surface area contributed by atoms with Crippen LogP contribution in [0.25, 0.3) is 0 Å². The van der Waals surface area contributed by atoms with E-state index in [1.165, 1.54) is 4.90 Å². The molecule has 1 saturated heterocycles. The van der Waals surface area contributed by atoms with Gasteiger partial charge >= 0.3 is 12.1 Å². The third kappa shape index (κ3) is 5.70. The van der Waals surface area contributed by atoms with Crippen molar-refractivity contribution in [2.45, 2.75) is 92.5 Å². The second-order valence-corrected chi connectivity index (χ2v) is 12.0. The van der Waals surface area contributed by atoms with Gasteiger partial charge in [-0.1, -0.05) is 41.5 Å². The first-order chi connectivity index (χ1) is 15.3. The van der Waals surface area contributed by atoms with Gasteiger partial charge in [-0.2, -0.15) is 0 Å². The third-order valence-corrected chi connectivity index (χ3v) is 6.79. The van der Waals surface area contributed by atoms with Gasteiger partial charge in [0, 0.05) is 6.54 Å². The number of alkyl carbamates (subject to hydrolysis) is 1. The second kappa shape index (κ2) is 9.19. The average molecular weight is 482 g/mol. The van der Waals surface area contributed by atoms with Gasteiger partial charge in [-0.05, 0) is 49.9 Å². The number of carbonyl (C=O) groups excluding carboxylic acids is 4. The lowest BCUT2D eigenvalue weighted by atomic mass is 9.85. The molecule has 5 atom stereocenters. The zero-order chi connectivity index (χ0) is 26.4. The van der Waals surface area contributed by atoms with Gasteiger partial charge in [0.2, 0.25) is 11.8 Å². The van der Waals surface area contributed by atoms with Gasteiger partial charge in [0.05, 0.1) is 6.04 Å². The van der Waals surface area contributed by atoms with Crippen LogP contribution in [0.2, 0.25) is 0 Å². The Balaban J connectivity index is 2.30. The van der Waals surface area contributed by atoms with Crippen LogP contribution >= 0.6 is 0 Å². The standard InChI is InChI=1S/C24H39N3O7/c1-10-13(16(28)20(31)32)25-18(29)15-14-12(24(14,8)9)11-27(15)19(30)17(22(2,3)4)26-21(33)34-23(5,6)7/h12-15,17H,10-11H2,1-9H3,(H,25,29)(H,26,33)(H,31,32)/t12-,13?,14-,15-,17?/m0/s1. The number of rotatable bonds is 7. The molecule has 34 heavy (non-hydrogen) atoms. The quantitative estimate of drug-likeness (QED) is 0.472. The fraction of sp³-hybridized carbons (Fsp3) is 0.792. The zero-order valence-electron chi connectivity index (χ0n) is 21.6. The van der Waals surface area contributed by atoms with Crippen LogP contribution in [0.4, 0.5) is 4.79 Å². The van der Waals surface area contributed by atoms with E-state index in [4.69, 9.17) is 9.84 Å². The van der Waals surface area contributed by atoms with E-state index in [-0.39, 0.29) is 23.7 Å². The first kappa shape index (κ1) is 27.6. The number of piperidine rings is 1. The summed E-state index contributed by atoms with van der Waals surface area (Å²) in [6, 6.07) is -3.00. The van der Waals surface area contributed by atoms with E-state index < -0.39 is 58.8 Å². The maximum Gasteiger partial charge on any atom is 0.408 e. The largest absolute Gasteiger partial charge is 0.475 e. The molecule has 0 aromatic carbocycles. The van der Waals surface area contributed by atoms with E-state index in [1.807, 2.05) is 13.8 Å². The molecule has 192 valence electrons. The summed E-state index contributed by atoms with van der Waals surface area (Å²) in [5.74, 6) is -3.74. The van der Waals surface area contributed by atoms with Gasteiger partial charge < -0.3 is 25.4 Å². The van der Waals surface area contributed by atoms with Crippen molar-refractivity contribution >= 4 is 29.7 Å². The van der Waals surface area contributed by atoms with Crippen LogP contribution in [0, 0.1) is 22.7 Å². The van der Waals surface area contributed by atoms with Crippen molar-refractivity contribution in [3.63, 3.8) is 0 Å². The first-order valence-electron chi connectivity index (χ1n) is 11.7. The van der Waals surface area contributed by atoms with Crippen LogP contribution in [-0.2, 0) is 23.9 Å². The number of nitrogens with one attached hydrogen (secondary N) is 2. The lowest BCUT2D eigenvalue weighted by Gasteiger charge is -2.38. The minimum Gasteiger partial charge on any atom is -0.475 e. The van der Waals surface area contributed by atoms with E-state index in [1.54, 1.807) is 48.5 Å². The Morgan fingerprint density at radius 1 is 1.06 bits per heavy atom. The van der Waals surface area contributed by atoms with Gasteiger partial charge in [0.25, 0.3) is 5.78 Å². The number of carboxylic acids is 1. The number of hydrogen-bond acceptors (Lipinski definition) is 6. The summed E-state index contributed by atoms with van der Waals surface area (Å²) >= 11 is 0. The number of carbonyl (C=O) groups is 5. The molecule has 10 nitrogen and oxygen atoms in total. The molecular weight excluding hydrogens is 442 g/mol. The minimum atomic E-state index is -1.62. The molecule has 0 spiro atoms. The SMILES string of the molecule is CCC(NC(=O)[C@@H]1[C@@H]2[C@H](CN1C(=O)C(NC(=O)OC(C)(C)C)C(C)(C)C)C2(C)C)C(=O)C(=O)O. The van der Waals surface area contributed by atoms with E-state index in [9.17, 15) is 24.0 Å². The van der Waals surface area contributed by atoms with Crippen LogP contribution in [0.15, 0.2) is 0 Å². The molecule has 3 amide bonds. The van der Waals surface area contributed by atoms with Crippen molar-refractivity contribution in [1.29, 1.82) is 0 Å².